The molecule has 0 spiro atoms. The third kappa shape index (κ3) is 3.48. The zero-order valence-electron chi connectivity index (χ0n) is 15.2. The summed E-state index contributed by atoms with van der Waals surface area (Å²) in [6.07, 6.45) is 4.00. The molecule has 0 atom stereocenters. The van der Waals surface area contributed by atoms with Gasteiger partial charge in [-0.1, -0.05) is 17.8 Å². The normalized spacial score (nSPS) is 11.1. The highest BCUT2D eigenvalue weighted by molar-refractivity contribution is 7.98. The molecule has 0 aliphatic heterocycles. The Morgan fingerprint density at radius 3 is 2.81 bits per heavy atom. The molecule has 4 rings (SSSR count). The Labute approximate surface area is 160 Å². The number of methoxy groups -OCH3 is 2. The molecular weight excluding hydrogens is 364 g/mol. The molecule has 4 aromatic rings. The molecule has 8 heteroatoms. The van der Waals surface area contributed by atoms with Crippen molar-refractivity contribution in [2.24, 2.45) is 0 Å². The summed E-state index contributed by atoms with van der Waals surface area (Å²) in [5.74, 6) is 2.36. The average Bonchev–Trinajstić information content (AvgIpc) is 3.33. The third-order valence-corrected chi connectivity index (χ3v) is 4.97. The van der Waals surface area contributed by atoms with E-state index in [2.05, 4.69) is 15.2 Å². The third-order valence-electron chi connectivity index (χ3n) is 4.12. The summed E-state index contributed by atoms with van der Waals surface area (Å²) in [6.45, 7) is 2.05. The minimum Gasteiger partial charge on any atom is -0.497 e. The molecule has 3 aromatic heterocycles. The molecule has 27 heavy (non-hydrogen) atoms. The molecule has 0 bridgehead atoms. The number of hydrogen-bond donors (Lipinski definition) is 0. The van der Waals surface area contributed by atoms with E-state index in [-0.39, 0.29) is 0 Å². The van der Waals surface area contributed by atoms with E-state index in [0.717, 1.165) is 22.5 Å². The standard InChI is InChI=1S/C19H18N4O3S/c1-12-5-4-8-23-10-13(20-17(12)23)11-27-19-22-21-18(26-19)15-7-6-14(24-2)9-16(15)25-3/h4-10H,11H2,1-3H3. The van der Waals surface area contributed by atoms with Crippen molar-refractivity contribution in [1.82, 2.24) is 19.6 Å². The van der Waals surface area contributed by atoms with Crippen LogP contribution in [0.25, 0.3) is 17.1 Å². The highest BCUT2D eigenvalue weighted by Gasteiger charge is 2.15. The quantitative estimate of drug-likeness (QED) is 0.467. The summed E-state index contributed by atoms with van der Waals surface area (Å²) >= 11 is 1.45. The predicted octanol–water partition coefficient (Wildman–Crippen LogP) is 4.00. The number of fused-ring (bicyclic) bond motifs is 1. The second-order valence-electron chi connectivity index (χ2n) is 5.88. The number of benzene rings is 1. The first-order chi connectivity index (χ1) is 13.2. The van der Waals surface area contributed by atoms with Crippen LogP contribution in [0.15, 0.2) is 52.4 Å². The number of aromatic nitrogens is 4. The van der Waals surface area contributed by atoms with Gasteiger partial charge in [0.2, 0.25) is 0 Å². The van der Waals surface area contributed by atoms with Gasteiger partial charge in [-0.2, -0.15) is 0 Å². The molecule has 0 N–H and O–H groups in total. The highest BCUT2D eigenvalue weighted by atomic mass is 32.2. The van der Waals surface area contributed by atoms with E-state index in [1.165, 1.54) is 11.8 Å². The molecule has 0 aliphatic rings. The average molecular weight is 382 g/mol. The molecule has 0 fully saturated rings. The Hall–Kier alpha value is -3.00. The fourth-order valence-corrected chi connectivity index (χ4v) is 3.41. The van der Waals surface area contributed by atoms with Gasteiger partial charge in [-0.05, 0) is 30.7 Å². The van der Waals surface area contributed by atoms with E-state index < -0.39 is 0 Å². The molecule has 3 heterocycles. The number of imidazole rings is 1. The Balaban J connectivity index is 1.52. The summed E-state index contributed by atoms with van der Waals surface area (Å²) in [6, 6.07) is 9.50. The minimum absolute atomic E-state index is 0.405. The maximum Gasteiger partial charge on any atom is 0.277 e. The molecule has 0 radical (unpaired) electrons. The lowest BCUT2D eigenvalue weighted by Crippen LogP contribution is -1.90. The summed E-state index contributed by atoms with van der Waals surface area (Å²) in [5.41, 5.74) is 3.78. The zero-order chi connectivity index (χ0) is 18.8. The van der Waals surface area contributed by atoms with Crippen LogP contribution >= 0.6 is 11.8 Å². The molecule has 1 aromatic carbocycles. The monoisotopic (exact) mass is 382 g/mol. The lowest BCUT2D eigenvalue weighted by molar-refractivity contribution is 0.393. The van der Waals surface area contributed by atoms with Crippen molar-refractivity contribution in [1.29, 1.82) is 0 Å². The molecule has 0 saturated carbocycles. The topological polar surface area (TPSA) is 74.7 Å². The molecule has 7 nitrogen and oxygen atoms in total. The first-order valence-corrected chi connectivity index (χ1v) is 9.28. The van der Waals surface area contributed by atoms with Crippen LogP contribution in [0, 0.1) is 6.92 Å². The van der Waals surface area contributed by atoms with Crippen molar-refractivity contribution in [2.75, 3.05) is 14.2 Å². The summed E-state index contributed by atoms with van der Waals surface area (Å²) in [5, 5.41) is 8.74. The summed E-state index contributed by atoms with van der Waals surface area (Å²) in [7, 11) is 3.20. The van der Waals surface area contributed by atoms with Crippen LogP contribution in [-0.2, 0) is 5.75 Å². The maximum absolute atomic E-state index is 5.79. The van der Waals surface area contributed by atoms with Gasteiger partial charge in [0.05, 0.1) is 25.5 Å². The molecule has 0 saturated heterocycles. The van der Waals surface area contributed by atoms with Gasteiger partial charge in [0, 0.05) is 24.2 Å². The van der Waals surface area contributed by atoms with Crippen molar-refractivity contribution in [3.63, 3.8) is 0 Å². The fraction of sp³-hybridized carbons (Fsp3) is 0.211. The van der Waals surface area contributed by atoms with E-state index in [9.17, 15) is 0 Å². The SMILES string of the molecule is COc1ccc(-c2nnc(SCc3cn4cccc(C)c4n3)o2)c(OC)c1. The Morgan fingerprint density at radius 1 is 1.15 bits per heavy atom. The zero-order valence-corrected chi connectivity index (χ0v) is 16.0. The maximum atomic E-state index is 5.79. The second kappa shape index (κ2) is 7.32. The van der Waals surface area contributed by atoms with Gasteiger partial charge in [0.1, 0.15) is 17.1 Å². The van der Waals surface area contributed by atoms with Crippen LogP contribution < -0.4 is 9.47 Å². The smallest absolute Gasteiger partial charge is 0.277 e. The molecule has 0 unspecified atom stereocenters. The Bertz CT molecular complexity index is 1090. The summed E-state index contributed by atoms with van der Waals surface area (Å²) in [4.78, 5) is 4.66. The Kier molecular flexibility index (Phi) is 4.72. The predicted molar refractivity (Wildman–Crippen MR) is 102 cm³/mol. The van der Waals surface area contributed by atoms with Crippen LogP contribution in [0.1, 0.15) is 11.3 Å². The number of pyridine rings is 1. The van der Waals surface area contributed by atoms with Gasteiger partial charge in [0.25, 0.3) is 11.1 Å². The number of hydrogen-bond acceptors (Lipinski definition) is 7. The van der Waals surface area contributed by atoms with Crippen molar-refractivity contribution in [3.05, 3.63) is 54.0 Å². The van der Waals surface area contributed by atoms with E-state index >= 15 is 0 Å². The van der Waals surface area contributed by atoms with E-state index in [1.54, 1.807) is 20.3 Å². The van der Waals surface area contributed by atoms with Gasteiger partial charge in [-0.3, -0.25) is 0 Å². The number of ether oxygens (including phenoxy) is 2. The van der Waals surface area contributed by atoms with Gasteiger partial charge < -0.3 is 18.3 Å². The highest BCUT2D eigenvalue weighted by Crippen LogP contribution is 2.34. The Morgan fingerprint density at radius 2 is 2.04 bits per heavy atom. The van der Waals surface area contributed by atoms with Crippen LogP contribution in [0.2, 0.25) is 0 Å². The van der Waals surface area contributed by atoms with Crippen molar-refractivity contribution in [3.8, 4) is 23.0 Å². The first kappa shape index (κ1) is 17.4. The minimum atomic E-state index is 0.405. The number of aryl methyl sites for hydroxylation is 1. The van der Waals surface area contributed by atoms with Gasteiger partial charge in [0.15, 0.2) is 0 Å². The van der Waals surface area contributed by atoms with Crippen molar-refractivity contribution in [2.45, 2.75) is 17.9 Å². The van der Waals surface area contributed by atoms with Gasteiger partial charge in [-0.15, -0.1) is 10.2 Å². The molecule has 0 amide bonds. The largest absolute Gasteiger partial charge is 0.497 e. The second-order valence-corrected chi connectivity index (χ2v) is 6.81. The molecule has 138 valence electrons. The first-order valence-electron chi connectivity index (χ1n) is 8.30. The van der Waals surface area contributed by atoms with Gasteiger partial charge >= 0.3 is 0 Å². The van der Waals surface area contributed by atoms with E-state index in [0.29, 0.717) is 28.4 Å². The fourth-order valence-electron chi connectivity index (χ4n) is 2.76. The van der Waals surface area contributed by atoms with Crippen LogP contribution in [-0.4, -0.2) is 33.8 Å². The van der Waals surface area contributed by atoms with E-state index in [1.807, 2.05) is 48.0 Å². The lowest BCUT2D eigenvalue weighted by atomic mass is 10.2. The van der Waals surface area contributed by atoms with Crippen LogP contribution in [0.4, 0.5) is 0 Å². The molecule has 0 aliphatic carbocycles. The number of nitrogens with zero attached hydrogens (tertiary/aromatic N) is 4. The molecular formula is C19H18N4O3S. The lowest BCUT2D eigenvalue weighted by Gasteiger charge is -2.07. The summed E-state index contributed by atoms with van der Waals surface area (Å²) < 4.78 is 18.4. The van der Waals surface area contributed by atoms with Crippen molar-refractivity contribution < 1.29 is 13.9 Å². The van der Waals surface area contributed by atoms with E-state index in [4.69, 9.17) is 13.9 Å². The van der Waals surface area contributed by atoms with Crippen LogP contribution in [0.3, 0.4) is 0 Å². The number of thioether (sulfide) groups is 1. The van der Waals surface area contributed by atoms with Gasteiger partial charge in [-0.25, -0.2) is 4.98 Å². The number of rotatable bonds is 6. The van der Waals surface area contributed by atoms with Crippen molar-refractivity contribution >= 4 is 17.4 Å². The van der Waals surface area contributed by atoms with Crippen LogP contribution in [0.5, 0.6) is 11.5 Å².